The molecule has 3 aromatic rings. The molecule has 3 rings (SSSR count). The number of carbonyl (C=O) groups excluding carboxylic acids is 1. The summed E-state index contributed by atoms with van der Waals surface area (Å²) in [5, 5.41) is 0.535. The number of aromatic nitrogens is 2. The van der Waals surface area contributed by atoms with Crippen LogP contribution in [0.3, 0.4) is 0 Å². The van der Waals surface area contributed by atoms with Crippen molar-refractivity contribution in [2.24, 2.45) is 0 Å². The molecule has 7 nitrogen and oxygen atoms in total. The normalized spacial score (nSPS) is 11.8. The van der Waals surface area contributed by atoms with Crippen molar-refractivity contribution < 1.29 is 9.53 Å². The Morgan fingerprint density at radius 3 is 2.59 bits per heavy atom. The number of aryl methyl sites for hydroxylation is 1. The van der Waals surface area contributed by atoms with E-state index in [4.69, 9.17) is 4.74 Å². The van der Waals surface area contributed by atoms with Gasteiger partial charge in [0, 0.05) is 6.54 Å². The third-order valence-corrected chi connectivity index (χ3v) is 4.18. The molecule has 0 saturated heterocycles. The molecular weight excluding hydrogens is 344 g/mol. The van der Waals surface area contributed by atoms with Gasteiger partial charge >= 0.3 is 0 Å². The van der Waals surface area contributed by atoms with Gasteiger partial charge in [-0.25, -0.2) is 4.98 Å². The van der Waals surface area contributed by atoms with Gasteiger partial charge in [0.05, 0.1) is 10.9 Å². The molecule has 0 radical (unpaired) electrons. The topological polar surface area (TPSA) is 85.2 Å². The van der Waals surface area contributed by atoms with Crippen LogP contribution < -0.4 is 21.1 Å². The second-order valence-electron chi connectivity index (χ2n) is 6.19. The highest BCUT2D eigenvalue weighted by Gasteiger charge is 2.16. The SMILES string of the molecule is CCn1c(NNC(=O)C(C)Oc2ccc(C)cc2)nc2ccccc2c1=O. The number of ether oxygens (including phenoxy) is 1. The molecule has 0 aliphatic heterocycles. The molecule has 7 heteroatoms. The first-order chi connectivity index (χ1) is 13.0. The lowest BCUT2D eigenvalue weighted by molar-refractivity contribution is -0.126. The van der Waals surface area contributed by atoms with Crippen molar-refractivity contribution in [3.63, 3.8) is 0 Å². The van der Waals surface area contributed by atoms with E-state index in [0.717, 1.165) is 5.56 Å². The first-order valence-corrected chi connectivity index (χ1v) is 8.78. The summed E-state index contributed by atoms with van der Waals surface area (Å²) in [6, 6.07) is 14.5. The fourth-order valence-corrected chi connectivity index (χ4v) is 2.65. The van der Waals surface area contributed by atoms with Crippen LogP contribution in [-0.4, -0.2) is 21.6 Å². The van der Waals surface area contributed by atoms with E-state index in [1.54, 1.807) is 25.1 Å². The van der Waals surface area contributed by atoms with Gasteiger partial charge in [-0.3, -0.25) is 25.0 Å². The van der Waals surface area contributed by atoms with Crippen LogP contribution in [0.4, 0.5) is 5.95 Å². The van der Waals surface area contributed by atoms with Gasteiger partial charge in [-0.1, -0.05) is 29.8 Å². The Labute approximate surface area is 157 Å². The van der Waals surface area contributed by atoms with Gasteiger partial charge in [-0.15, -0.1) is 0 Å². The Morgan fingerprint density at radius 2 is 1.89 bits per heavy atom. The minimum atomic E-state index is -0.720. The zero-order valence-corrected chi connectivity index (χ0v) is 15.5. The van der Waals surface area contributed by atoms with Crippen LogP contribution in [0.25, 0.3) is 10.9 Å². The van der Waals surface area contributed by atoms with E-state index in [1.165, 1.54) is 4.57 Å². The summed E-state index contributed by atoms with van der Waals surface area (Å²) in [7, 11) is 0. The number of fused-ring (bicyclic) bond motifs is 1. The molecule has 0 bridgehead atoms. The van der Waals surface area contributed by atoms with Crippen molar-refractivity contribution in [3.05, 3.63) is 64.4 Å². The van der Waals surface area contributed by atoms with E-state index in [9.17, 15) is 9.59 Å². The van der Waals surface area contributed by atoms with Crippen molar-refractivity contribution >= 4 is 22.8 Å². The number of rotatable bonds is 6. The average Bonchev–Trinajstić information content (AvgIpc) is 2.68. The Kier molecular flexibility index (Phi) is 5.40. The number of nitrogens with zero attached hydrogens (tertiary/aromatic N) is 2. The number of amides is 1. The zero-order chi connectivity index (χ0) is 19.4. The predicted molar refractivity (Wildman–Crippen MR) is 105 cm³/mol. The maximum atomic E-state index is 12.6. The lowest BCUT2D eigenvalue weighted by Gasteiger charge is -2.17. The molecule has 1 amide bonds. The fourth-order valence-electron chi connectivity index (χ4n) is 2.65. The van der Waals surface area contributed by atoms with Crippen molar-refractivity contribution in [3.8, 4) is 5.75 Å². The molecule has 0 fully saturated rings. The monoisotopic (exact) mass is 366 g/mol. The minimum Gasteiger partial charge on any atom is -0.481 e. The molecule has 0 aliphatic carbocycles. The molecule has 1 unspecified atom stereocenters. The minimum absolute atomic E-state index is 0.163. The molecule has 1 atom stereocenters. The largest absolute Gasteiger partial charge is 0.481 e. The molecule has 0 spiro atoms. The van der Waals surface area contributed by atoms with Crippen molar-refractivity contribution in [1.82, 2.24) is 15.0 Å². The van der Waals surface area contributed by atoms with Crippen LogP contribution in [0.15, 0.2) is 53.3 Å². The highest BCUT2D eigenvalue weighted by Crippen LogP contribution is 2.14. The van der Waals surface area contributed by atoms with Crippen LogP contribution in [0, 0.1) is 6.92 Å². The molecule has 0 saturated carbocycles. The smallest absolute Gasteiger partial charge is 0.279 e. The van der Waals surface area contributed by atoms with Crippen LogP contribution >= 0.6 is 0 Å². The molecule has 2 aromatic carbocycles. The number of nitrogens with one attached hydrogen (secondary N) is 2. The second-order valence-corrected chi connectivity index (χ2v) is 6.19. The summed E-state index contributed by atoms with van der Waals surface area (Å²) in [5.41, 5.74) is 6.82. The molecular formula is C20H22N4O3. The number of para-hydroxylation sites is 1. The van der Waals surface area contributed by atoms with E-state index in [1.807, 2.05) is 44.2 Å². The Balaban J connectivity index is 1.72. The van der Waals surface area contributed by atoms with Gasteiger partial charge in [-0.05, 0) is 45.0 Å². The molecule has 0 aliphatic rings. The van der Waals surface area contributed by atoms with Crippen LogP contribution in [0.1, 0.15) is 19.4 Å². The third kappa shape index (κ3) is 4.08. The van der Waals surface area contributed by atoms with Gasteiger partial charge in [0.25, 0.3) is 11.5 Å². The van der Waals surface area contributed by atoms with Gasteiger partial charge in [0.1, 0.15) is 5.75 Å². The standard InChI is InChI=1S/C20H22N4O3/c1-4-24-19(26)16-7-5-6-8-17(16)21-20(24)23-22-18(25)14(3)27-15-11-9-13(2)10-12-15/h5-12,14H,4H2,1-3H3,(H,21,23)(H,22,25). The number of hydrazine groups is 1. The van der Waals surface area contributed by atoms with Gasteiger partial charge < -0.3 is 4.74 Å². The maximum Gasteiger partial charge on any atom is 0.279 e. The summed E-state index contributed by atoms with van der Waals surface area (Å²) < 4.78 is 7.10. The molecule has 1 heterocycles. The van der Waals surface area contributed by atoms with Crippen LogP contribution in [0.5, 0.6) is 5.75 Å². The lowest BCUT2D eigenvalue weighted by Crippen LogP contribution is -2.41. The van der Waals surface area contributed by atoms with E-state index in [0.29, 0.717) is 23.2 Å². The quantitative estimate of drug-likeness (QED) is 0.655. The summed E-state index contributed by atoms with van der Waals surface area (Å²) >= 11 is 0. The summed E-state index contributed by atoms with van der Waals surface area (Å²) in [5.74, 6) is 0.510. The molecule has 2 N–H and O–H groups in total. The van der Waals surface area contributed by atoms with Gasteiger partial charge in [0.15, 0.2) is 6.10 Å². The first kappa shape index (κ1) is 18.4. The highest BCUT2D eigenvalue weighted by atomic mass is 16.5. The zero-order valence-electron chi connectivity index (χ0n) is 15.5. The Hall–Kier alpha value is -3.35. The van der Waals surface area contributed by atoms with Crippen molar-refractivity contribution in [1.29, 1.82) is 0 Å². The van der Waals surface area contributed by atoms with Crippen LogP contribution in [0.2, 0.25) is 0 Å². The number of benzene rings is 2. The number of anilines is 1. The van der Waals surface area contributed by atoms with Gasteiger partial charge in [-0.2, -0.15) is 0 Å². The molecule has 1 aromatic heterocycles. The first-order valence-electron chi connectivity index (χ1n) is 8.78. The van der Waals surface area contributed by atoms with E-state index >= 15 is 0 Å². The summed E-state index contributed by atoms with van der Waals surface area (Å²) in [6.45, 7) is 5.89. The predicted octanol–water partition coefficient (Wildman–Crippen LogP) is 2.64. The number of hydrogen-bond acceptors (Lipinski definition) is 5. The number of hydrogen-bond donors (Lipinski definition) is 2. The fraction of sp³-hybridized carbons (Fsp3) is 0.250. The van der Waals surface area contributed by atoms with Crippen molar-refractivity contribution in [2.75, 3.05) is 5.43 Å². The van der Waals surface area contributed by atoms with E-state index in [2.05, 4.69) is 15.8 Å². The Morgan fingerprint density at radius 1 is 1.19 bits per heavy atom. The van der Waals surface area contributed by atoms with E-state index < -0.39 is 6.10 Å². The number of carbonyl (C=O) groups is 1. The highest BCUT2D eigenvalue weighted by molar-refractivity contribution is 5.82. The maximum absolute atomic E-state index is 12.6. The van der Waals surface area contributed by atoms with Crippen LogP contribution in [-0.2, 0) is 11.3 Å². The molecule has 140 valence electrons. The van der Waals surface area contributed by atoms with Crippen molar-refractivity contribution in [2.45, 2.75) is 33.4 Å². The molecule has 27 heavy (non-hydrogen) atoms. The Bertz CT molecular complexity index is 1010. The third-order valence-electron chi connectivity index (χ3n) is 4.18. The lowest BCUT2D eigenvalue weighted by atomic mass is 10.2. The van der Waals surface area contributed by atoms with Gasteiger partial charge in [0.2, 0.25) is 5.95 Å². The van der Waals surface area contributed by atoms with E-state index in [-0.39, 0.29) is 17.4 Å². The summed E-state index contributed by atoms with van der Waals surface area (Å²) in [4.78, 5) is 29.3. The average molecular weight is 366 g/mol. The second kappa shape index (κ2) is 7.90. The summed E-state index contributed by atoms with van der Waals surface area (Å²) in [6.07, 6.45) is -0.720.